The summed E-state index contributed by atoms with van der Waals surface area (Å²) in [5.41, 5.74) is 5.14. The summed E-state index contributed by atoms with van der Waals surface area (Å²) >= 11 is 0. The summed E-state index contributed by atoms with van der Waals surface area (Å²) in [6.45, 7) is 5.58. The standard InChI is InChI=1S/C26H34O5/c1-5-7-17-13-19(27-3)9-11-21(17)25-23(30-25)15-29-16-24-26(31-24)22-12-10-20(28-4)14-18(22)8-6-2/h9-14,23-26H,5-8,15-16H2,1-4H3. The first-order valence-electron chi connectivity index (χ1n) is 11.4. The lowest BCUT2D eigenvalue weighted by molar-refractivity contribution is 0.102. The molecule has 2 aliphatic heterocycles. The molecular weight excluding hydrogens is 392 g/mol. The first-order valence-corrected chi connectivity index (χ1v) is 11.4. The van der Waals surface area contributed by atoms with Gasteiger partial charge in [-0.15, -0.1) is 0 Å². The van der Waals surface area contributed by atoms with Gasteiger partial charge >= 0.3 is 0 Å². The number of methoxy groups -OCH3 is 2. The molecule has 0 saturated carbocycles. The van der Waals surface area contributed by atoms with Crippen LogP contribution in [-0.4, -0.2) is 39.6 Å². The lowest BCUT2D eigenvalue weighted by atomic mass is 9.99. The van der Waals surface area contributed by atoms with E-state index < -0.39 is 0 Å². The molecule has 5 heteroatoms. The van der Waals surface area contributed by atoms with E-state index in [1.807, 2.05) is 12.1 Å². The first kappa shape index (κ1) is 22.1. The fourth-order valence-corrected chi connectivity index (χ4v) is 4.33. The molecule has 2 aromatic carbocycles. The van der Waals surface area contributed by atoms with Gasteiger partial charge < -0.3 is 23.7 Å². The van der Waals surface area contributed by atoms with Crippen molar-refractivity contribution < 1.29 is 23.7 Å². The average molecular weight is 427 g/mol. The van der Waals surface area contributed by atoms with E-state index in [2.05, 4.69) is 38.1 Å². The highest BCUT2D eigenvalue weighted by Crippen LogP contribution is 2.44. The van der Waals surface area contributed by atoms with Gasteiger partial charge in [-0.1, -0.05) is 38.8 Å². The second kappa shape index (κ2) is 10.0. The molecule has 0 N–H and O–H groups in total. The summed E-state index contributed by atoms with van der Waals surface area (Å²) in [7, 11) is 3.42. The van der Waals surface area contributed by atoms with Crippen LogP contribution in [0.4, 0.5) is 0 Å². The van der Waals surface area contributed by atoms with Crippen molar-refractivity contribution in [1.82, 2.24) is 0 Å². The normalized spacial score (nSPS) is 24.1. The third kappa shape index (κ3) is 5.22. The van der Waals surface area contributed by atoms with Gasteiger partial charge in [0.25, 0.3) is 0 Å². The van der Waals surface area contributed by atoms with Gasteiger partial charge in [0.15, 0.2) is 0 Å². The van der Waals surface area contributed by atoms with Gasteiger partial charge in [-0.2, -0.15) is 0 Å². The predicted molar refractivity (Wildman–Crippen MR) is 120 cm³/mol. The van der Waals surface area contributed by atoms with E-state index in [9.17, 15) is 0 Å². The van der Waals surface area contributed by atoms with Crippen LogP contribution in [0.5, 0.6) is 11.5 Å². The molecule has 31 heavy (non-hydrogen) atoms. The van der Waals surface area contributed by atoms with E-state index in [1.165, 1.54) is 22.3 Å². The smallest absolute Gasteiger partial charge is 0.119 e. The van der Waals surface area contributed by atoms with E-state index in [4.69, 9.17) is 23.7 Å². The molecule has 2 heterocycles. The highest BCUT2D eigenvalue weighted by atomic mass is 16.6. The number of hydrogen-bond acceptors (Lipinski definition) is 5. The van der Waals surface area contributed by atoms with Crippen LogP contribution in [0, 0.1) is 0 Å². The molecule has 0 bridgehead atoms. The molecule has 5 nitrogen and oxygen atoms in total. The second-order valence-electron chi connectivity index (χ2n) is 8.36. The Kier molecular flexibility index (Phi) is 7.16. The van der Waals surface area contributed by atoms with Crippen molar-refractivity contribution in [3.05, 3.63) is 58.7 Å². The number of ether oxygens (including phenoxy) is 5. The Labute approximate surface area is 185 Å². The average Bonchev–Trinajstić information content (AvgIpc) is 3.71. The van der Waals surface area contributed by atoms with Crippen LogP contribution in [0.3, 0.4) is 0 Å². The van der Waals surface area contributed by atoms with E-state index in [0.717, 1.165) is 37.2 Å². The summed E-state index contributed by atoms with van der Waals surface area (Å²) in [5, 5.41) is 0. The molecule has 0 aliphatic carbocycles. The van der Waals surface area contributed by atoms with Crippen molar-refractivity contribution in [2.45, 2.75) is 63.9 Å². The Balaban J connectivity index is 1.27. The van der Waals surface area contributed by atoms with Crippen LogP contribution in [0.1, 0.15) is 61.2 Å². The molecule has 2 saturated heterocycles. The Morgan fingerprint density at radius 3 is 1.55 bits per heavy atom. The largest absolute Gasteiger partial charge is 0.497 e. The molecule has 4 atom stereocenters. The van der Waals surface area contributed by atoms with Crippen LogP contribution < -0.4 is 9.47 Å². The minimum Gasteiger partial charge on any atom is -0.497 e. The zero-order valence-electron chi connectivity index (χ0n) is 19.1. The minimum absolute atomic E-state index is 0.123. The molecule has 168 valence electrons. The van der Waals surface area contributed by atoms with Gasteiger partial charge in [0, 0.05) is 0 Å². The van der Waals surface area contributed by atoms with Gasteiger partial charge in [0.1, 0.15) is 35.9 Å². The zero-order chi connectivity index (χ0) is 21.8. The SMILES string of the molecule is CCCc1cc(OC)ccc1C1OC1COCC1OC1c1ccc(OC)cc1CCC. The molecule has 0 radical (unpaired) electrons. The predicted octanol–water partition coefficient (Wildman–Crippen LogP) is 5.21. The monoisotopic (exact) mass is 426 g/mol. The Morgan fingerprint density at radius 1 is 0.710 bits per heavy atom. The van der Waals surface area contributed by atoms with Crippen molar-refractivity contribution in [1.29, 1.82) is 0 Å². The van der Waals surface area contributed by atoms with E-state index in [0.29, 0.717) is 13.2 Å². The van der Waals surface area contributed by atoms with Gasteiger partial charge in [-0.05, 0) is 59.4 Å². The highest BCUT2D eigenvalue weighted by Gasteiger charge is 2.44. The van der Waals surface area contributed by atoms with Gasteiger partial charge in [-0.25, -0.2) is 0 Å². The molecule has 4 rings (SSSR count). The molecule has 2 aromatic rings. The molecular formula is C26H34O5. The van der Waals surface area contributed by atoms with E-state index >= 15 is 0 Å². The Hall–Kier alpha value is -2.08. The summed E-state index contributed by atoms with van der Waals surface area (Å²) in [4.78, 5) is 0. The lowest BCUT2D eigenvalue weighted by Gasteiger charge is -2.09. The summed E-state index contributed by atoms with van der Waals surface area (Å²) in [6.07, 6.45) is 4.75. The fraction of sp³-hybridized carbons (Fsp3) is 0.538. The molecule has 4 unspecified atom stereocenters. The van der Waals surface area contributed by atoms with Crippen LogP contribution >= 0.6 is 0 Å². The number of rotatable bonds is 12. The number of benzene rings is 2. The van der Waals surface area contributed by atoms with Crippen molar-refractivity contribution in [2.75, 3.05) is 27.4 Å². The van der Waals surface area contributed by atoms with Gasteiger partial charge in [0.05, 0.1) is 27.4 Å². The second-order valence-corrected chi connectivity index (χ2v) is 8.36. The zero-order valence-corrected chi connectivity index (χ0v) is 19.1. The first-order chi connectivity index (χ1) is 15.2. The molecule has 0 spiro atoms. The quantitative estimate of drug-likeness (QED) is 0.436. The third-order valence-corrected chi connectivity index (χ3v) is 6.08. The van der Waals surface area contributed by atoms with Crippen molar-refractivity contribution >= 4 is 0 Å². The highest BCUT2D eigenvalue weighted by molar-refractivity contribution is 5.40. The van der Waals surface area contributed by atoms with E-state index in [-0.39, 0.29) is 24.4 Å². The van der Waals surface area contributed by atoms with Crippen LogP contribution in [0.15, 0.2) is 36.4 Å². The maximum Gasteiger partial charge on any atom is 0.119 e. The van der Waals surface area contributed by atoms with Crippen molar-refractivity contribution in [3.63, 3.8) is 0 Å². The lowest BCUT2D eigenvalue weighted by Crippen LogP contribution is -2.09. The number of aryl methyl sites for hydroxylation is 2. The summed E-state index contributed by atoms with van der Waals surface area (Å²) in [6, 6.07) is 12.5. The Bertz CT molecular complexity index is 809. The van der Waals surface area contributed by atoms with Crippen LogP contribution in [0.2, 0.25) is 0 Å². The summed E-state index contributed by atoms with van der Waals surface area (Å²) in [5.74, 6) is 1.80. The minimum atomic E-state index is 0.123. The number of hydrogen-bond donors (Lipinski definition) is 0. The third-order valence-electron chi connectivity index (χ3n) is 6.08. The van der Waals surface area contributed by atoms with Crippen LogP contribution in [-0.2, 0) is 27.1 Å². The van der Waals surface area contributed by atoms with E-state index in [1.54, 1.807) is 14.2 Å². The van der Waals surface area contributed by atoms with Crippen molar-refractivity contribution in [2.24, 2.45) is 0 Å². The van der Waals surface area contributed by atoms with Crippen LogP contribution in [0.25, 0.3) is 0 Å². The summed E-state index contributed by atoms with van der Waals surface area (Å²) < 4.78 is 28.6. The molecule has 0 aromatic heterocycles. The van der Waals surface area contributed by atoms with Gasteiger partial charge in [0.2, 0.25) is 0 Å². The maximum absolute atomic E-state index is 5.98. The number of epoxide rings is 2. The Morgan fingerprint density at radius 2 is 1.16 bits per heavy atom. The maximum atomic E-state index is 5.98. The van der Waals surface area contributed by atoms with Gasteiger partial charge in [-0.3, -0.25) is 0 Å². The fourth-order valence-electron chi connectivity index (χ4n) is 4.33. The van der Waals surface area contributed by atoms with Crippen molar-refractivity contribution in [3.8, 4) is 11.5 Å². The molecule has 0 amide bonds. The molecule has 2 fully saturated rings. The molecule has 2 aliphatic rings. The topological polar surface area (TPSA) is 52.8 Å².